The molecule has 0 radical (unpaired) electrons. The molecule has 2 N–H and O–H groups in total. The third kappa shape index (κ3) is 4.58. The molecule has 0 aliphatic heterocycles. The molecule has 1 atom stereocenters. The molecule has 0 unspecified atom stereocenters. The van der Waals surface area contributed by atoms with Gasteiger partial charge in [-0.1, -0.05) is 30.3 Å². The van der Waals surface area contributed by atoms with Gasteiger partial charge in [0.15, 0.2) is 0 Å². The number of nitrogens with one attached hydrogen (secondary N) is 2. The zero-order valence-corrected chi connectivity index (χ0v) is 13.0. The van der Waals surface area contributed by atoms with Crippen molar-refractivity contribution in [2.45, 2.75) is 44.7 Å². The van der Waals surface area contributed by atoms with Crippen LogP contribution >= 0.6 is 0 Å². The quantitative estimate of drug-likeness (QED) is 0.767. The molecule has 0 bridgehead atoms. The normalized spacial score (nSPS) is 18.7. The largest absolute Gasteiger partial charge is 0.307 e. The Bertz CT molecular complexity index is 524. The Balaban J connectivity index is 1.83. The second kappa shape index (κ2) is 6.24. The Morgan fingerprint density at radius 3 is 2.45 bits per heavy atom. The minimum atomic E-state index is -3.10. The zero-order chi connectivity index (χ0) is 14.6. The summed E-state index contributed by atoms with van der Waals surface area (Å²) < 4.78 is 25.5. The average Bonchev–Trinajstić information content (AvgIpc) is 3.17. The minimum Gasteiger partial charge on any atom is -0.307 e. The van der Waals surface area contributed by atoms with E-state index in [1.165, 1.54) is 5.56 Å². The van der Waals surface area contributed by atoms with Crippen molar-refractivity contribution in [3.05, 3.63) is 35.9 Å². The SMILES string of the molecule is CCS(=O)(=O)NC[C@@H](C)NC1(Cc2ccccc2)CC1. The molecule has 0 amide bonds. The van der Waals surface area contributed by atoms with Crippen molar-refractivity contribution in [1.82, 2.24) is 10.0 Å². The molecule has 0 saturated heterocycles. The van der Waals surface area contributed by atoms with E-state index >= 15 is 0 Å². The predicted molar refractivity (Wildman–Crippen MR) is 82.2 cm³/mol. The van der Waals surface area contributed by atoms with Crippen LogP contribution in [0.15, 0.2) is 30.3 Å². The molecule has 1 aliphatic carbocycles. The van der Waals surface area contributed by atoms with Gasteiger partial charge >= 0.3 is 0 Å². The van der Waals surface area contributed by atoms with Crippen molar-refractivity contribution in [2.75, 3.05) is 12.3 Å². The Morgan fingerprint density at radius 1 is 1.25 bits per heavy atom. The molecular weight excluding hydrogens is 272 g/mol. The van der Waals surface area contributed by atoms with Gasteiger partial charge in [-0.25, -0.2) is 13.1 Å². The van der Waals surface area contributed by atoms with Crippen molar-refractivity contribution >= 4 is 10.0 Å². The summed E-state index contributed by atoms with van der Waals surface area (Å²) in [4.78, 5) is 0. The first-order valence-electron chi connectivity index (χ1n) is 7.24. The topological polar surface area (TPSA) is 58.2 Å². The molecule has 1 aliphatic rings. The fourth-order valence-electron chi connectivity index (χ4n) is 2.44. The van der Waals surface area contributed by atoms with Gasteiger partial charge in [0.1, 0.15) is 0 Å². The molecule has 5 heteroatoms. The minimum absolute atomic E-state index is 0.134. The van der Waals surface area contributed by atoms with Gasteiger partial charge in [0.2, 0.25) is 10.0 Å². The van der Waals surface area contributed by atoms with E-state index in [9.17, 15) is 8.42 Å². The molecule has 1 aromatic rings. The maximum Gasteiger partial charge on any atom is 0.211 e. The first kappa shape index (κ1) is 15.5. The summed E-state index contributed by atoms with van der Waals surface area (Å²) in [6, 6.07) is 10.6. The van der Waals surface area contributed by atoms with E-state index in [1.807, 2.05) is 13.0 Å². The third-order valence-corrected chi connectivity index (χ3v) is 5.15. The number of benzene rings is 1. The van der Waals surface area contributed by atoms with Gasteiger partial charge in [0, 0.05) is 18.1 Å². The molecule has 112 valence electrons. The molecule has 20 heavy (non-hydrogen) atoms. The Morgan fingerprint density at radius 2 is 1.90 bits per heavy atom. The van der Waals surface area contributed by atoms with E-state index in [-0.39, 0.29) is 17.3 Å². The summed E-state index contributed by atoms with van der Waals surface area (Å²) in [6.45, 7) is 4.13. The van der Waals surface area contributed by atoms with Crippen LogP contribution in [0.1, 0.15) is 32.3 Å². The van der Waals surface area contributed by atoms with Gasteiger partial charge in [-0.2, -0.15) is 0 Å². The first-order valence-corrected chi connectivity index (χ1v) is 8.89. The summed E-state index contributed by atoms with van der Waals surface area (Å²) in [6.07, 6.45) is 3.33. The average molecular weight is 296 g/mol. The van der Waals surface area contributed by atoms with Crippen LogP contribution in [0.4, 0.5) is 0 Å². The highest BCUT2D eigenvalue weighted by Gasteiger charge is 2.43. The lowest BCUT2D eigenvalue weighted by Crippen LogP contribution is -2.46. The van der Waals surface area contributed by atoms with E-state index in [0.29, 0.717) is 6.54 Å². The predicted octanol–water partition coefficient (Wildman–Crippen LogP) is 1.68. The van der Waals surface area contributed by atoms with E-state index in [1.54, 1.807) is 6.92 Å². The molecule has 4 nitrogen and oxygen atoms in total. The van der Waals surface area contributed by atoms with Crippen LogP contribution in [0.3, 0.4) is 0 Å². The lowest BCUT2D eigenvalue weighted by atomic mass is 10.0. The van der Waals surface area contributed by atoms with Crippen LogP contribution in [0, 0.1) is 0 Å². The molecular formula is C15H24N2O2S. The molecule has 1 aromatic carbocycles. The summed E-state index contributed by atoms with van der Waals surface area (Å²) in [5, 5.41) is 3.59. The summed E-state index contributed by atoms with van der Waals surface area (Å²) in [5.41, 5.74) is 1.50. The van der Waals surface area contributed by atoms with Crippen LogP contribution in [0.5, 0.6) is 0 Å². The molecule has 1 saturated carbocycles. The smallest absolute Gasteiger partial charge is 0.211 e. The van der Waals surface area contributed by atoms with E-state index in [0.717, 1.165) is 19.3 Å². The van der Waals surface area contributed by atoms with Gasteiger partial charge < -0.3 is 5.32 Å². The monoisotopic (exact) mass is 296 g/mol. The van der Waals surface area contributed by atoms with Crippen molar-refractivity contribution in [3.8, 4) is 0 Å². The summed E-state index contributed by atoms with van der Waals surface area (Å²) >= 11 is 0. The van der Waals surface area contributed by atoms with Gasteiger partial charge in [0.25, 0.3) is 0 Å². The summed E-state index contributed by atoms with van der Waals surface area (Å²) in [5.74, 6) is 0.134. The van der Waals surface area contributed by atoms with Crippen LogP contribution in [0.2, 0.25) is 0 Å². The van der Waals surface area contributed by atoms with Crippen molar-refractivity contribution in [1.29, 1.82) is 0 Å². The van der Waals surface area contributed by atoms with Gasteiger partial charge in [-0.15, -0.1) is 0 Å². The molecule has 2 rings (SSSR count). The van der Waals surface area contributed by atoms with E-state index < -0.39 is 10.0 Å². The van der Waals surface area contributed by atoms with Gasteiger partial charge in [-0.05, 0) is 38.7 Å². The fourth-order valence-corrected chi connectivity index (χ4v) is 3.15. The Kier molecular flexibility index (Phi) is 4.83. The van der Waals surface area contributed by atoms with Gasteiger partial charge in [-0.3, -0.25) is 0 Å². The van der Waals surface area contributed by atoms with Crippen LogP contribution in [-0.4, -0.2) is 32.3 Å². The maximum atomic E-state index is 11.4. The zero-order valence-electron chi connectivity index (χ0n) is 12.2. The van der Waals surface area contributed by atoms with Crippen molar-refractivity contribution < 1.29 is 8.42 Å². The second-order valence-electron chi connectivity index (χ2n) is 5.74. The number of rotatable bonds is 8. The van der Waals surface area contributed by atoms with Crippen LogP contribution in [-0.2, 0) is 16.4 Å². The van der Waals surface area contributed by atoms with E-state index in [2.05, 4.69) is 34.3 Å². The molecule has 0 heterocycles. The highest BCUT2D eigenvalue weighted by Crippen LogP contribution is 2.39. The van der Waals surface area contributed by atoms with Gasteiger partial charge in [0.05, 0.1) is 5.75 Å². The standard InChI is InChI=1S/C15H24N2O2S/c1-3-20(18,19)16-12-13(2)17-15(9-10-15)11-14-7-5-4-6-8-14/h4-8,13,16-17H,3,9-12H2,1-2H3/t13-/m1/s1. The maximum absolute atomic E-state index is 11.4. The molecule has 0 spiro atoms. The van der Waals surface area contributed by atoms with Crippen LogP contribution in [0.25, 0.3) is 0 Å². The number of hydrogen-bond donors (Lipinski definition) is 2. The Labute approximate surface area is 122 Å². The highest BCUT2D eigenvalue weighted by atomic mass is 32.2. The van der Waals surface area contributed by atoms with Crippen molar-refractivity contribution in [3.63, 3.8) is 0 Å². The lowest BCUT2D eigenvalue weighted by Gasteiger charge is -2.23. The molecule has 0 aromatic heterocycles. The summed E-state index contributed by atoms with van der Waals surface area (Å²) in [7, 11) is -3.10. The van der Waals surface area contributed by atoms with Crippen molar-refractivity contribution in [2.24, 2.45) is 0 Å². The van der Waals surface area contributed by atoms with Crippen LogP contribution < -0.4 is 10.0 Å². The van der Waals surface area contributed by atoms with E-state index in [4.69, 9.17) is 0 Å². The fraction of sp³-hybridized carbons (Fsp3) is 0.600. The number of sulfonamides is 1. The third-order valence-electron chi connectivity index (χ3n) is 3.78. The number of hydrogen-bond acceptors (Lipinski definition) is 3. The second-order valence-corrected chi connectivity index (χ2v) is 7.84. The first-order chi connectivity index (χ1) is 9.45. The molecule has 1 fully saturated rings. The lowest BCUT2D eigenvalue weighted by molar-refractivity contribution is 0.422. The Hall–Kier alpha value is -0.910. The highest BCUT2D eigenvalue weighted by molar-refractivity contribution is 7.89.